The molecule has 2 N–H and O–H groups in total. The Hall–Kier alpha value is -3.88. The van der Waals surface area contributed by atoms with Crippen molar-refractivity contribution in [1.29, 1.82) is 0 Å². The van der Waals surface area contributed by atoms with Crippen LogP contribution in [0.25, 0.3) is 0 Å². The maximum absolute atomic E-state index is 13.8. The zero-order valence-electron chi connectivity index (χ0n) is 22.1. The summed E-state index contributed by atoms with van der Waals surface area (Å²) in [5, 5.41) is 5.99. The van der Waals surface area contributed by atoms with Crippen LogP contribution in [0.5, 0.6) is 0 Å². The van der Waals surface area contributed by atoms with Crippen molar-refractivity contribution in [3.63, 3.8) is 0 Å². The van der Waals surface area contributed by atoms with Gasteiger partial charge in [-0.15, -0.1) is 23.1 Å². The van der Waals surface area contributed by atoms with Crippen LogP contribution in [0, 0.1) is 0 Å². The van der Waals surface area contributed by atoms with Crippen molar-refractivity contribution >= 4 is 51.6 Å². The van der Waals surface area contributed by atoms with Crippen LogP contribution in [0.2, 0.25) is 0 Å². The summed E-state index contributed by atoms with van der Waals surface area (Å²) in [5.74, 6) is -0.751. The number of hydrogen-bond donors (Lipinski definition) is 2. The summed E-state index contributed by atoms with van der Waals surface area (Å²) in [5.41, 5.74) is 3.92. The standard InChI is InChI=1S/C32H30N2O4S2/c1-38-32(37)28-25-17-8-9-18-26(25)40-31(28)34-30(36)29(22-13-6-3-7-14-22)39-24-16-10-15-23(20-24)33-27(35)19-21-11-4-2-5-12-21/h2-7,10-16,20,29H,8-9,17-19H2,1H3,(H,33,35)(H,34,36). The van der Waals surface area contributed by atoms with Gasteiger partial charge in [0.05, 0.1) is 19.1 Å². The first-order valence-corrected chi connectivity index (χ1v) is 14.9. The SMILES string of the molecule is COC(=O)c1c(NC(=O)C(Sc2cccc(NC(=O)Cc3ccccc3)c2)c2ccccc2)sc2c1CCCC2. The molecule has 0 fully saturated rings. The number of esters is 1. The number of benzene rings is 3. The predicted octanol–water partition coefficient (Wildman–Crippen LogP) is 7.07. The van der Waals surface area contributed by atoms with Gasteiger partial charge < -0.3 is 15.4 Å². The number of methoxy groups -OCH3 is 1. The van der Waals surface area contributed by atoms with Gasteiger partial charge >= 0.3 is 5.97 Å². The highest BCUT2D eigenvalue weighted by Gasteiger charge is 2.29. The Morgan fingerprint density at radius 2 is 1.62 bits per heavy atom. The second kappa shape index (κ2) is 13.0. The van der Waals surface area contributed by atoms with E-state index in [1.54, 1.807) is 0 Å². The molecule has 3 aromatic carbocycles. The summed E-state index contributed by atoms with van der Waals surface area (Å²) in [4.78, 5) is 41.1. The van der Waals surface area contributed by atoms with Crippen LogP contribution in [0.15, 0.2) is 89.8 Å². The zero-order valence-corrected chi connectivity index (χ0v) is 23.8. The van der Waals surface area contributed by atoms with E-state index in [4.69, 9.17) is 4.74 Å². The van der Waals surface area contributed by atoms with Crippen LogP contribution >= 0.6 is 23.1 Å². The van der Waals surface area contributed by atoms with E-state index in [0.29, 0.717) is 16.3 Å². The largest absolute Gasteiger partial charge is 0.465 e. The van der Waals surface area contributed by atoms with Crippen LogP contribution in [-0.4, -0.2) is 24.9 Å². The molecule has 0 radical (unpaired) electrons. The smallest absolute Gasteiger partial charge is 0.341 e. The Balaban J connectivity index is 1.37. The molecular weight excluding hydrogens is 540 g/mol. The molecular formula is C32H30N2O4S2. The van der Waals surface area contributed by atoms with Gasteiger partial charge in [-0.1, -0.05) is 66.7 Å². The third-order valence-corrected chi connectivity index (χ3v) is 9.17. The molecule has 6 nitrogen and oxygen atoms in total. The number of thioether (sulfide) groups is 1. The number of aryl methyl sites for hydroxylation is 1. The highest BCUT2D eigenvalue weighted by molar-refractivity contribution is 8.00. The Kier molecular flexibility index (Phi) is 8.98. The molecule has 0 spiro atoms. The lowest BCUT2D eigenvalue weighted by molar-refractivity contribution is -0.116. The average Bonchev–Trinajstić information content (AvgIpc) is 3.34. The minimum Gasteiger partial charge on any atom is -0.465 e. The van der Waals surface area contributed by atoms with Crippen LogP contribution < -0.4 is 10.6 Å². The maximum atomic E-state index is 13.8. The Bertz CT molecular complexity index is 1500. The van der Waals surface area contributed by atoms with Gasteiger partial charge in [0.15, 0.2) is 0 Å². The first-order chi connectivity index (χ1) is 19.5. The zero-order chi connectivity index (χ0) is 27.9. The van der Waals surface area contributed by atoms with Gasteiger partial charge in [-0.05, 0) is 60.6 Å². The number of carbonyl (C=O) groups excluding carboxylic acids is 3. The highest BCUT2D eigenvalue weighted by atomic mass is 32.2. The summed E-state index contributed by atoms with van der Waals surface area (Å²) in [7, 11) is 1.37. The number of hydrogen-bond acceptors (Lipinski definition) is 6. The summed E-state index contributed by atoms with van der Waals surface area (Å²) in [6.07, 6.45) is 4.08. The van der Waals surface area contributed by atoms with Crippen LogP contribution in [0.1, 0.15) is 50.0 Å². The summed E-state index contributed by atoms with van der Waals surface area (Å²) < 4.78 is 5.08. The summed E-state index contributed by atoms with van der Waals surface area (Å²) in [6.45, 7) is 0. The fraction of sp³-hybridized carbons (Fsp3) is 0.219. The van der Waals surface area contributed by atoms with Gasteiger partial charge in [0.25, 0.3) is 0 Å². The van der Waals surface area contributed by atoms with E-state index >= 15 is 0 Å². The molecule has 1 unspecified atom stereocenters. The number of anilines is 2. The fourth-order valence-electron chi connectivity index (χ4n) is 4.82. The first-order valence-electron chi connectivity index (χ1n) is 13.2. The van der Waals surface area contributed by atoms with Crippen LogP contribution in [-0.2, 0) is 33.6 Å². The topological polar surface area (TPSA) is 84.5 Å². The van der Waals surface area contributed by atoms with Gasteiger partial charge in [-0.2, -0.15) is 0 Å². The molecule has 0 saturated heterocycles. The molecule has 5 rings (SSSR count). The summed E-state index contributed by atoms with van der Waals surface area (Å²) >= 11 is 2.87. The van der Waals surface area contributed by atoms with E-state index in [1.165, 1.54) is 30.2 Å². The van der Waals surface area contributed by atoms with Crippen molar-refractivity contribution in [2.75, 3.05) is 17.7 Å². The van der Waals surface area contributed by atoms with Crippen molar-refractivity contribution in [1.82, 2.24) is 0 Å². The number of rotatable bonds is 9. The van der Waals surface area contributed by atoms with Crippen molar-refractivity contribution < 1.29 is 19.1 Å². The molecule has 4 aromatic rings. The molecule has 0 aliphatic heterocycles. The second-order valence-electron chi connectivity index (χ2n) is 9.54. The van der Waals surface area contributed by atoms with Crippen molar-refractivity contribution in [3.8, 4) is 0 Å². The predicted molar refractivity (Wildman–Crippen MR) is 161 cm³/mol. The lowest BCUT2D eigenvalue weighted by Crippen LogP contribution is -2.20. The molecule has 0 saturated carbocycles. The lowest BCUT2D eigenvalue weighted by Gasteiger charge is -2.18. The number of thiophene rings is 1. The van der Waals surface area contributed by atoms with Crippen LogP contribution in [0.4, 0.5) is 10.7 Å². The monoisotopic (exact) mass is 570 g/mol. The van der Waals surface area contributed by atoms with Gasteiger partial charge in [-0.25, -0.2) is 4.79 Å². The van der Waals surface area contributed by atoms with Crippen molar-refractivity contribution in [3.05, 3.63) is 112 Å². The van der Waals surface area contributed by atoms with Crippen molar-refractivity contribution in [2.45, 2.75) is 42.2 Å². The Labute approximate surface area is 242 Å². The number of nitrogens with one attached hydrogen (secondary N) is 2. The first kappa shape index (κ1) is 27.7. The number of ether oxygens (including phenoxy) is 1. The third-order valence-electron chi connectivity index (χ3n) is 6.72. The Morgan fingerprint density at radius 1 is 0.900 bits per heavy atom. The van der Waals surface area contributed by atoms with Crippen molar-refractivity contribution in [2.24, 2.45) is 0 Å². The van der Waals surface area contributed by atoms with Gasteiger partial charge in [0.1, 0.15) is 10.3 Å². The van der Waals surface area contributed by atoms with Gasteiger partial charge in [0.2, 0.25) is 11.8 Å². The number of carbonyl (C=O) groups is 3. The van der Waals surface area contributed by atoms with E-state index in [9.17, 15) is 14.4 Å². The minimum absolute atomic E-state index is 0.109. The molecule has 1 atom stereocenters. The summed E-state index contributed by atoms with van der Waals surface area (Å²) in [6, 6.07) is 26.6. The number of fused-ring (bicyclic) bond motifs is 1. The van der Waals surface area contributed by atoms with E-state index in [-0.39, 0.29) is 18.2 Å². The fourth-order valence-corrected chi connectivity index (χ4v) is 7.18. The maximum Gasteiger partial charge on any atom is 0.341 e. The lowest BCUT2D eigenvalue weighted by atomic mass is 9.95. The van der Waals surface area contributed by atoms with Gasteiger partial charge in [0, 0.05) is 15.5 Å². The molecule has 0 bridgehead atoms. The average molecular weight is 571 g/mol. The second-order valence-corrected chi connectivity index (χ2v) is 11.8. The van der Waals surface area contributed by atoms with E-state index < -0.39 is 11.2 Å². The molecule has 1 aliphatic rings. The van der Waals surface area contributed by atoms with E-state index in [0.717, 1.165) is 52.1 Å². The molecule has 2 amide bonds. The molecule has 1 aromatic heterocycles. The van der Waals surface area contributed by atoms with E-state index in [2.05, 4.69) is 10.6 Å². The minimum atomic E-state index is -0.582. The van der Waals surface area contributed by atoms with E-state index in [1.807, 2.05) is 84.9 Å². The molecule has 204 valence electrons. The Morgan fingerprint density at radius 3 is 2.38 bits per heavy atom. The quantitative estimate of drug-likeness (QED) is 0.166. The normalized spacial score (nSPS) is 13.1. The highest BCUT2D eigenvalue weighted by Crippen LogP contribution is 2.41. The van der Waals surface area contributed by atoms with Gasteiger partial charge in [-0.3, -0.25) is 9.59 Å². The molecule has 40 heavy (non-hydrogen) atoms. The molecule has 1 heterocycles. The third kappa shape index (κ3) is 6.63. The number of amides is 2. The van der Waals surface area contributed by atoms with Crippen LogP contribution in [0.3, 0.4) is 0 Å². The molecule has 8 heteroatoms. The molecule has 1 aliphatic carbocycles.